The van der Waals surface area contributed by atoms with Crippen LogP contribution in [0.5, 0.6) is 0 Å². The Hall–Kier alpha value is -1.36. The van der Waals surface area contributed by atoms with E-state index in [9.17, 15) is 13.2 Å². The third-order valence-electron chi connectivity index (χ3n) is 5.68. The summed E-state index contributed by atoms with van der Waals surface area (Å²) >= 11 is 0. The van der Waals surface area contributed by atoms with E-state index in [0.29, 0.717) is 25.6 Å². The molecule has 0 unspecified atom stereocenters. The molecule has 29 heavy (non-hydrogen) atoms. The molecule has 0 aromatic heterocycles. The van der Waals surface area contributed by atoms with Gasteiger partial charge in [0.15, 0.2) is 15.8 Å². The first-order chi connectivity index (χ1) is 13.2. The van der Waals surface area contributed by atoms with Crippen molar-refractivity contribution in [2.75, 3.05) is 31.2 Å². The zero-order chi connectivity index (χ0) is 20.4. The Labute approximate surface area is 190 Å². The fourth-order valence-electron chi connectivity index (χ4n) is 3.51. The van der Waals surface area contributed by atoms with Crippen molar-refractivity contribution in [2.24, 2.45) is 10.9 Å². The van der Waals surface area contributed by atoms with Crippen LogP contribution < -0.4 is 10.6 Å². The number of carbonyl (C=O) groups excluding carboxylic acids is 1. The lowest BCUT2D eigenvalue weighted by Gasteiger charge is -2.39. The maximum absolute atomic E-state index is 12.2. The highest BCUT2D eigenvalue weighted by Crippen LogP contribution is 2.27. The highest BCUT2D eigenvalue weighted by atomic mass is 127. The van der Waals surface area contributed by atoms with E-state index in [-0.39, 0.29) is 41.6 Å². The molecule has 1 aliphatic carbocycles. The van der Waals surface area contributed by atoms with Crippen LogP contribution in [-0.2, 0) is 21.2 Å². The van der Waals surface area contributed by atoms with Crippen LogP contribution in [0.15, 0.2) is 29.3 Å². The van der Waals surface area contributed by atoms with Gasteiger partial charge in [-0.05, 0) is 44.4 Å². The normalized spacial score (nSPS) is 20.9. The highest BCUT2D eigenvalue weighted by Gasteiger charge is 2.40. The number of amides is 1. The molecule has 3 rings (SSSR count). The maximum Gasteiger partial charge on any atom is 0.227 e. The number of benzene rings is 1. The number of hydrogen-bond acceptors (Lipinski definition) is 4. The zero-order valence-electron chi connectivity index (χ0n) is 17.3. The molecular formula is C20H31IN4O3S. The van der Waals surface area contributed by atoms with Crippen LogP contribution in [-0.4, -0.2) is 55.8 Å². The SMILES string of the molecule is CN=C(NCc1cccc(NC(=O)C2CCC2)c1)N1CCS(=O)(=O)C(C)(C)C1.I. The second kappa shape index (κ2) is 9.63. The molecule has 1 saturated heterocycles. The van der Waals surface area contributed by atoms with Gasteiger partial charge in [-0.2, -0.15) is 0 Å². The third kappa shape index (κ3) is 5.62. The topological polar surface area (TPSA) is 90.9 Å². The summed E-state index contributed by atoms with van der Waals surface area (Å²) in [4.78, 5) is 18.4. The summed E-state index contributed by atoms with van der Waals surface area (Å²) in [7, 11) is -1.39. The fourth-order valence-corrected chi connectivity index (χ4v) is 4.88. The standard InChI is InChI=1S/C20H30N4O3S.HI/c1-20(2)14-24(10-11-28(20,26)27)19(21-3)22-13-15-6-4-9-17(12-15)23-18(25)16-7-5-8-16;/h4,6,9,12,16H,5,7-8,10-11,13-14H2,1-3H3,(H,21,22)(H,23,25);1H. The lowest BCUT2D eigenvalue weighted by molar-refractivity contribution is -0.122. The van der Waals surface area contributed by atoms with Crippen molar-refractivity contribution in [1.29, 1.82) is 0 Å². The van der Waals surface area contributed by atoms with E-state index in [2.05, 4.69) is 15.6 Å². The van der Waals surface area contributed by atoms with Gasteiger partial charge >= 0.3 is 0 Å². The molecule has 7 nitrogen and oxygen atoms in total. The van der Waals surface area contributed by atoms with Crippen LogP contribution >= 0.6 is 24.0 Å². The Morgan fingerprint density at radius 1 is 1.31 bits per heavy atom. The van der Waals surface area contributed by atoms with Gasteiger partial charge in [0.2, 0.25) is 5.91 Å². The molecule has 9 heteroatoms. The van der Waals surface area contributed by atoms with Gasteiger partial charge in [0.25, 0.3) is 0 Å². The number of rotatable bonds is 4. The number of halogens is 1. The van der Waals surface area contributed by atoms with Crippen molar-refractivity contribution < 1.29 is 13.2 Å². The average Bonchev–Trinajstić information content (AvgIpc) is 2.57. The molecule has 0 radical (unpaired) electrons. The Morgan fingerprint density at radius 2 is 2.03 bits per heavy atom. The highest BCUT2D eigenvalue weighted by molar-refractivity contribution is 14.0. The average molecular weight is 534 g/mol. The summed E-state index contributed by atoms with van der Waals surface area (Å²) in [5.74, 6) is 1.07. The van der Waals surface area contributed by atoms with Gasteiger partial charge in [0.1, 0.15) is 0 Å². The number of nitrogens with one attached hydrogen (secondary N) is 2. The Morgan fingerprint density at radius 3 is 2.62 bits per heavy atom. The van der Waals surface area contributed by atoms with E-state index in [1.165, 1.54) is 0 Å². The van der Waals surface area contributed by atoms with Crippen molar-refractivity contribution in [3.8, 4) is 0 Å². The minimum atomic E-state index is -3.09. The van der Waals surface area contributed by atoms with E-state index in [1.807, 2.05) is 29.2 Å². The molecule has 1 saturated carbocycles. The molecule has 1 heterocycles. The lowest BCUT2D eigenvalue weighted by Crippen LogP contribution is -2.57. The lowest BCUT2D eigenvalue weighted by atomic mass is 9.85. The first-order valence-electron chi connectivity index (χ1n) is 9.79. The van der Waals surface area contributed by atoms with Gasteiger partial charge in [0, 0.05) is 38.3 Å². The van der Waals surface area contributed by atoms with Gasteiger partial charge in [-0.1, -0.05) is 18.6 Å². The molecular weight excluding hydrogens is 503 g/mol. The largest absolute Gasteiger partial charge is 0.352 e. The minimum absolute atomic E-state index is 0. The molecule has 1 amide bonds. The van der Waals surface area contributed by atoms with Crippen molar-refractivity contribution in [3.63, 3.8) is 0 Å². The molecule has 162 valence electrons. The zero-order valence-corrected chi connectivity index (χ0v) is 20.4. The first-order valence-corrected chi connectivity index (χ1v) is 11.4. The Kier molecular flexibility index (Phi) is 7.94. The smallest absolute Gasteiger partial charge is 0.227 e. The molecule has 1 aromatic carbocycles. The molecule has 0 atom stereocenters. The third-order valence-corrected chi connectivity index (χ3v) is 8.21. The summed E-state index contributed by atoms with van der Waals surface area (Å²) < 4.78 is 23.6. The molecule has 0 bridgehead atoms. The Bertz CT molecular complexity index is 866. The van der Waals surface area contributed by atoms with Gasteiger partial charge in [-0.3, -0.25) is 9.79 Å². The molecule has 0 spiro atoms. The van der Waals surface area contributed by atoms with E-state index >= 15 is 0 Å². The summed E-state index contributed by atoms with van der Waals surface area (Å²) in [5, 5.41) is 6.31. The van der Waals surface area contributed by atoms with E-state index in [1.54, 1.807) is 20.9 Å². The van der Waals surface area contributed by atoms with E-state index in [0.717, 1.165) is 30.5 Å². The molecule has 2 fully saturated rings. The van der Waals surface area contributed by atoms with Gasteiger partial charge in [-0.15, -0.1) is 24.0 Å². The monoisotopic (exact) mass is 534 g/mol. The Balaban J connectivity index is 0.00000300. The van der Waals surface area contributed by atoms with Crippen LogP contribution in [0, 0.1) is 5.92 Å². The van der Waals surface area contributed by atoms with E-state index < -0.39 is 14.6 Å². The number of hydrogen-bond donors (Lipinski definition) is 2. The predicted octanol–water partition coefficient (Wildman–Crippen LogP) is 2.63. The number of guanidine groups is 1. The number of carbonyl (C=O) groups is 1. The summed E-state index contributed by atoms with van der Waals surface area (Å²) in [6.45, 7) is 4.91. The summed E-state index contributed by atoms with van der Waals surface area (Å²) in [5.41, 5.74) is 1.83. The number of nitrogens with zero attached hydrogens (tertiary/aromatic N) is 2. The van der Waals surface area contributed by atoms with Crippen LogP contribution in [0.4, 0.5) is 5.69 Å². The van der Waals surface area contributed by atoms with Gasteiger partial charge in [-0.25, -0.2) is 8.42 Å². The second-order valence-corrected chi connectivity index (χ2v) is 11.0. The maximum atomic E-state index is 12.2. The molecule has 2 aliphatic rings. The van der Waals surface area contributed by atoms with Gasteiger partial charge < -0.3 is 15.5 Å². The van der Waals surface area contributed by atoms with Crippen molar-refractivity contribution >= 4 is 51.4 Å². The summed E-state index contributed by atoms with van der Waals surface area (Å²) in [6.07, 6.45) is 3.09. The minimum Gasteiger partial charge on any atom is -0.352 e. The predicted molar refractivity (Wildman–Crippen MR) is 127 cm³/mol. The quantitative estimate of drug-likeness (QED) is 0.352. The van der Waals surface area contributed by atoms with Gasteiger partial charge in [0.05, 0.1) is 10.5 Å². The number of aliphatic imine (C=N–C) groups is 1. The van der Waals surface area contributed by atoms with Crippen molar-refractivity contribution in [3.05, 3.63) is 29.8 Å². The number of sulfone groups is 1. The molecule has 1 aromatic rings. The summed E-state index contributed by atoms with van der Waals surface area (Å²) in [6, 6.07) is 7.77. The van der Waals surface area contributed by atoms with Crippen molar-refractivity contribution in [2.45, 2.75) is 44.4 Å². The van der Waals surface area contributed by atoms with Crippen LogP contribution in [0.3, 0.4) is 0 Å². The van der Waals surface area contributed by atoms with Crippen LogP contribution in [0.25, 0.3) is 0 Å². The second-order valence-electron chi connectivity index (χ2n) is 8.22. The van der Waals surface area contributed by atoms with Crippen molar-refractivity contribution in [1.82, 2.24) is 10.2 Å². The first kappa shape index (κ1) is 23.9. The van der Waals surface area contributed by atoms with Crippen LogP contribution in [0.2, 0.25) is 0 Å². The molecule has 2 N–H and O–H groups in total. The fraction of sp³-hybridized carbons (Fsp3) is 0.600. The molecule has 1 aliphatic heterocycles. The number of anilines is 1. The van der Waals surface area contributed by atoms with Crippen LogP contribution in [0.1, 0.15) is 38.7 Å². The van der Waals surface area contributed by atoms with E-state index in [4.69, 9.17) is 0 Å².